The smallest absolute Gasteiger partial charge is 0.203 e. The number of amidine groups is 2. The van der Waals surface area contributed by atoms with Crippen LogP contribution >= 0.6 is 0 Å². The molecular formula is C25H28N12O6. The van der Waals surface area contributed by atoms with Crippen molar-refractivity contribution >= 4 is 35.7 Å². The number of nitrogens with two attached hydrogens (primary N) is 2. The number of hydrogen-bond donors (Lipinski definition) is 4. The molecule has 0 unspecified atom stereocenters. The summed E-state index contributed by atoms with van der Waals surface area (Å²) in [6, 6.07) is 10.5. The number of benzene rings is 2. The van der Waals surface area contributed by atoms with Crippen molar-refractivity contribution in [3.63, 3.8) is 0 Å². The van der Waals surface area contributed by atoms with E-state index in [1.165, 1.54) is 26.6 Å². The van der Waals surface area contributed by atoms with E-state index in [2.05, 4.69) is 51.7 Å². The highest BCUT2D eigenvalue weighted by molar-refractivity contribution is 6.00. The first-order chi connectivity index (χ1) is 21.0. The van der Waals surface area contributed by atoms with Crippen LogP contribution in [0.4, 0.5) is 11.6 Å². The molecule has 2 heterocycles. The van der Waals surface area contributed by atoms with Crippen molar-refractivity contribution in [1.82, 2.24) is 20.6 Å². The Balaban J connectivity index is 1.35. The third-order valence-corrected chi connectivity index (χ3v) is 5.53. The molecule has 0 fully saturated rings. The van der Waals surface area contributed by atoms with Gasteiger partial charge in [-0.05, 0) is 68.2 Å². The first-order valence-corrected chi connectivity index (χ1v) is 12.3. The molecule has 4 aromatic rings. The summed E-state index contributed by atoms with van der Waals surface area (Å²) in [6.07, 6.45) is 2.97. The molecule has 18 nitrogen and oxygen atoms in total. The second-order valence-corrected chi connectivity index (χ2v) is 8.14. The minimum Gasteiger partial charge on any atom is -0.493 e. The number of methoxy groups -OCH3 is 4. The maximum atomic E-state index is 6.03. The maximum absolute atomic E-state index is 6.03. The Morgan fingerprint density at radius 3 is 1.49 bits per heavy atom. The van der Waals surface area contributed by atoms with Crippen LogP contribution in [0.2, 0.25) is 0 Å². The molecule has 18 heteroatoms. The predicted molar refractivity (Wildman–Crippen MR) is 156 cm³/mol. The standard InChI is InChI=1S/C25H28N12O6/c1-38-16-7-5-14(9-18(16)40-3)11-30-32-22(26)20-24(36-42-34-20)28-13-29-25-21(35-43-37-25)23(27)33-31-12-15-6-8-17(39-2)19(10-15)41-4/h5-12H,13H2,1-4H3,(H2,26,32)(H2,27,33)(H,28,36)(H,29,37)/b30-11-,31-12-. The molecule has 0 spiro atoms. The molecular weight excluding hydrogens is 564 g/mol. The van der Waals surface area contributed by atoms with Gasteiger partial charge in [0.25, 0.3) is 0 Å². The molecule has 6 N–H and O–H groups in total. The van der Waals surface area contributed by atoms with Crippen LogP contribution in [0.5, 0.6) is 23.0 Å². The van der Waals surface area contributed by atoms with Crippen molar-refractivity contribution in [1.29, 1.82) is 0 Å². The molecule has 2 aromatic heterocycles. The van der Waals surface area contributed by atoms with Gasteiger partial charge in [-0.2, -0.15) is 10.2 Å². The summed E-state index contributed by atoms with van der Waals surface area (Å²) in [5.41, 5.74) is 13.7. The van der Waals surface area contributed by atoms with E-state index in [4.69, 9.17) is 39.7 Å². The van der Waals surface area contributed by atoms with Gasteiger partial charge in [0.05, 0.1) is 47.5 Å². The molecule has 0 saturated heterocycles. The highest BCUT2D eigenvalue weighted by Crippen LogP contribution is 2.27. The predicted octanol–water partition coefficient (Wildman–Crippen LogP) is 1.45. The normalized spacial score (nSPS) is 12.1. The first-order valence-electron chi connectivity index (χ1n) is 12.3. The second-order valence-electron chi connectivity index (χ2n) is 8.14. The zero-order valence-corrected chi connectivity index (χ0v) is 23.5. The van der Waals surface area contributed by atoms with E-state index >= 15 is 0 Å². The van der Waals surface area contributed by atoms with Gasteiger partial charge in [-0.15, -0.1) is 10.2 Å². The molecule has 0 bridgehead atoms. The summed E-state index contributed by atoms with van der Waals surface area (Å²) < 4.78 is 30.6. The van der Waals surface area contributed by atoms with E-state index in [9.17, 15) is 0 Å². The maximum Gasteiger partial charge on any atom is 0.203 e. The largest absolute Gasteiger partial charge is 0.493 e. The van der Waals surface area contributed by atoms with E-state index < -0.39 is 0 Å². The number of aromatic nitrogens is 4. The fourth-order valence-corrected chi connectivity index (χ4v) is 3.43. The number of nitrogens with one attached hydrogen (secondary N) is 2. The van der Waals surface area contributed by atoms with Crippen LogP contribution < -0.4 is 41.0 Å². The highest BCUT2D eigenvalue weighted by atomic mass is 16.6. The third kappa shape index (κ3) is 7.51. The van der Waals surface area contributed by atoms with Crippen LogP contribution in [-0.2, 0) is 0 Å². The van der Waals surface area contributed by atoms with Crippen molar-refractivity contribution in [2.75, 3.05) is 45.7 Å². The van der Waals surface area contributed by atoms with Gasteiger partial charge in [0.1, 0.15) is 0 Å². The Morgan fingerprint density at radius 2 is 1.09 bits per heavy atom. The minimum absolute atomic E-state index is 0.0482. The Bertz CT molecular complexity index is 1530. The third-order valence-electron chi connectivity index (χ3n) is 5.53. The van der Waals surface area contributed by atoms with Crippen molar-refractivity contribution in [3.8, 4) is 23.0 Å². The van der Waals surface area contributed by atoms with Gasteiger partial charge in [-0.25, -0.2) is 9.26 Å². The molecule has 0 saturated carbocycles. The Labute approximate surface area is 244 Å². The van der Waals surface area contributed by atoms with E-state index in [0.29, 0.717) is 34.1 Å². The van der Waals surface area contributed by atoms with Crippen LogP contribution in [0.1, 0.15) is 22.5 Å². The summed E-state index contributed by atoms with van der Waals surface area (Å²) in [6.45, 7) is 0.0623. The SMILES string of the molecule is COc1ccc(/C=N\N=C(N)c2nonc2NCNc2nonc2C(N)=N/N=C\c2ccc(OC)c(OC)c2)cc1OC. The fraction of sp³-hybridized carbons (Fsp3) is 0.200. The number of nitrogens with zero attached hydrogens (tertiary/aromatic N) is 8. The summed E-state index contributed by atoms with van der Waals surface area (Å²) in [4.78, 5) is 0. The molecule has 0 radical (unpaired) electrons. The van der Waals surface area contributed by atoms with Gasteiger partial charge >= 0.3 is 0 Å². The van der Waals surface area contributed by atoms with Crippen molar-refractivity contribution in [2.45, 2.75) is 0 Å². The average Bonchev–Trinajstić information content (AvgIpc) is 3.71. The van der Waals surface area contributed by atoms with E-state index in [1.54, 1.807) is 50.6 Å². The lowest BCUT2D eigenvalue weighted by Crippen LogP contribution is -2.21. The van der Waals surface area contributed by atoms with Gasteiger partial charge in [0.15, 0.2) is 46.1 Å². The van der Waals surface area contributed by atoms with Gasteiger partial charge in [-0.1, -0.05) is 0 Å². The lowest BCUT2D eigenvalue weighted by Gasteiger charge is -2.07. The highest BCUT2D eigenvalue weighted by Gasteiger charge is 2.16. The molecule has 43 heavy (non-hydrogen) atoms. The summed E-state index contributed by atoms with van der Waals surface area (Å²) in [5, 5.41) is 36.9. The van der Waals surface area contributed by atoms with Crippen LogP contribution in [0.25, 0.3) is 0 Å². The lowest BCUT2D eigenvalue weighted by molar-refractivity contribution is 0.307. The van der Waals surface area contributed by atoms with Crippen LogP contribution in [0.15, 0.2) is 66.1 Å². The van der Waals surface area contributed by atoms with Gasteiger partial charge < -0.3 is 41.0 Å². The van der Waals surface area contributed by atoms with Crippen molar-refractivity contribution in [2.24, 2.45) is 31.9 Å². The molecule has 0 atom stereocenters. The number of hydrogen-bond acceptors (Lipinski definition) is 16. The fourth-order valence-electron chi connectivity index (χ4n) is 3.43. The Kier molecular flexibility index (Phi) is 10.00. The van der Waals surface area contributed by atoms with Gasteiger partial charge in [0.2, 0.25) is 11.6 Å². The summed E-state index contributed by atoms with van der Waals surface area (Å²) >= 11 is 0. The first kappa shape index (κ1) is 29.8. The van der Waals surface area contributed by atoms with E-state index in [0.717, 1.165) is 0 Å². The summed E-state index contributed by atoms with van der Waals surface area (Å²) in [5.74, 6) is 2.55. The zero-order chi connectivity index (χ0) is 30.6. The molecule has 0 aliphatic heterocycles. The minimum atomic E-state index is -0.0482. The molecule has 0 aliphatic carbocycles. The number of anilines is 2. The van der Waals surface area contributed by atoms with Crippen LogP contribution in [0, 0.1) is 0 Å². The van der Waals surface area contributed by atoms with Crippen molar-refractivity contribution in [3.05, 3.63) is 58.9 Å². The number of rotatable bonds is 14. The van der Waals surface area contributed by atoms with E-state index in [1.807, 2.05) is 0 Å². The van der Waals surface area contributed by atoms with Crippen LogP contribution in [0.3, 0.4) is 0 Å². The summed E-state index contributed by atoms with van der Waals surface area (Å²) in [7, 11) is 6.18. The van der Waals surface area contributed by atoms with Gasteiger partial charge in [-0.3, -0.25) is 0 Å². The van der Waals surface area contributed by atoms with E-state index in [-0.39, 0.29) is 41.4 Å². The molecule has 0 aliphatic rings. The molecule has 224 valence electrons. The topological polar surface area (TPSA) is 240 Å². The molecule has 2 aromatic carbocycles. The van der Waals surface area contributed by atoms with Crippen LogP contribution in [-0.4, -0.2) is 79.8 Å². The second kappa shape index (κ2) is 14.4. The Morgan fingerprint density at radius 1 is 0.674 bits per heavy atom. The molecule has 4 rings (SSSR count). The number of ether oxygens (including phenoxy) is 4. The zero-order valence-electron chi connectivity index (χ0n) is 23.5. The molecule has 0 amide bonds. The lowest BCUT2D eigenvalue weighted by atomic mass is 10.2. The Hall–Kier alpha value is -6.20. The average molecular weight is 593 g/mol. The quantitative estimate of drug-likeness (QED) is 0.0701. The van der Waals surface area contributed by atoms with Crippen molar-refractivity contribution < 1.29 is 28.2 Å². The monoisotopic (exact) mass is 592 g/mol. The van der Waals surface area contributed by atoms with Gasteiger partial charge in [0, 0.05) is 0 Å².